The fourth-order valence-corrected chi connectivity index (χ4v) is 2.80. The van der Waals surface area contributed by atoms with Crippen LogP contribution in [0.15, 0.2) is 54.6 Å². The summed E-state index contributed by atoms with van der Waals surface area (Å²) in [6.45, 7) is 0. The SMILES string of the molecule is O=[N+]([O-])[C@@]1(Cl)[C@H](O)c2ccccc2O[C@@H]1c1ccccc1. The Morgan fingerprint density at radius 1 is 1.14 bits per heavy atom. The summed E-state index contributed by atoms with van der Waals surface area (Å²) in [5.74, 6) is 0.400. The molecule has 108 valence electrons. The van der Waals surface area contributed by atoms with Crippen LogP contribution < -0.4 is 4.74 Å². The van der Waals surface area contributed by atoms with Gasteiger partial charge in [-0.1, -0.05) is 48.5 Å². The van der Waals surface area contributed by atoms with Crippen LogP contribution in [0.4, 0.5) is 0 Å². The van der Waals surface area contributed by atoms with Crippen LogP contribution in [0.25, 0.3) is 0 Å². The number of hydrogen-bond donors (Lipinski definition) is 1. The van der Waals surface area contributed by atoms with E-state index in [0.717, 1.165) is 0 Å². The van der Waals surface area contributed by atoms with Gasteiger partial charge in [0.25, 0.3) is 0 Å². The zero-order chi connectivity index (χ0) is 15.0. The molecule has 0 aromatic heterocycles. The Balaban J connectivity index is 2.17. The van der Waals surface area contributed by atoms with Crippen molar-refractivity contribution in [1.82, 2.24) is 0 Å². The standard InChI is InChI=1S/C15H12ClNO4/c16-15(17(19)20)13(18)11-8-4-5-9-12(11)21-14(15)10-6-2-1-3-7-10/h1-9,13-14,18H/t13-,14-,15+/m1/s1. The third-order valence-electron chi connectivity index (χ3n) is 3.59. The van der Waals surface area contributed by atoms with Crippen LogP contribution in [-0.4, -0.2) is 15.0 Å². The van der Waals surface area contributed by atoms with Gasteiger partial charge in [0.15, 0.2) is 6.10 Å². The molecular weight excluding hydrogens is 294 g/mol. The summed E-state index contributed by atoms with van der Waals surface area (Å²) in [7, 11) is 0. The highest BCUT2D eigenvalue weighted by molar-refractivity contribution is 6.23. The van der Waals surface area contributed by atoms with E-state index in [4.69, 9.17) is 16.3 Å². The van der Waals surface area contributed by atoms with E-state index >= 15 is 0 Å². The van der Waals surface area contributed by atoms with Crippen LogP contribution in [0.3, 0.4) is 0 Å². The number of aliphatic hydroxyl groups is 1. The van der Waals surface area contributed by atoms with Gasteiger partial charge in [-0.15, -0.1) is 0 Å². The number of fused-ring (bicyclic) bond motifs is 1. The average Bonchev–Trinajstić information content (AvgIpc) is 2.51. The molecule has 3 atom stereocenters. The Bertz CT molecular complexity index is 678. The minimum Gasteiger partial charge on any atom is -0.476 e. The van der Waals surface area contributed by atoms with Gasteiger partial charge in [-0.25, -0.2) is 0 Å². The first-order valence-corrected chi connectivity index (χ1v) is 6.75. The Kier molecular flexibility index (Phi) is 3.31. The van der Waals surface area contributed by atoms with Crippen molar-refractivity contribution in [3.63, 3.8) is 0 Å². The minimum absolute atomic E-state index is 0.316. The number of benzene rings is 2. The lowest BCUT2D eigenvalue weighted by molar-refractivity contribution is -0.570. The lowest BCUT2D eigenvalue weighted by Gasteiger charge is -2.37. The number of hydrogen-bond acceptors (Lipinski definition) is 4. The third kappa shape index (κ3) is 2.05. The molecule has 21 heavy (non-hydrogen) atoms. The molecule has 1 aliphatic rings. The largest absolute Gasteiger partial charge is 0.476 e. The smallest absolute Gasteiger partial charge is 0.364 e. The zero-order valence-corrected chi connectivity index (χ0v) is 11.6. The van der Waals surface area contributed by atoms with Crippen LogP contribution >= 0.6 is 11.6 Å². The van der Waals surface area contributed by atoms with Crippen LogP contribution in [0, 0.1) is 10.1 Å². The van der Waals surface area contributed by atoms with Crippen LogP contribution in [-0.2, 0) is 0 Å². The molecule has 3 rings (SSSR count). The van der Waals surface area contributed by atoms with Crippen molar-refractivity contribution in [2.45, 2.75) is 17.2 Å². The molecule has 0 saturated carbocycles. The maximum Gasteiger partial charge on any atom is 0.364 e. The molecule has 0 unspecified atom stereocenters. The highest BCUT2D eigenvalue weighted by Gasteiger charge is 2.61. The molecule has 2 aromatic carbocycles. The van der Waals surface area contributed by atoms with Crippen LogP contribution in [0.5, 0.6) is 5.75 Å². The Hall–Kier alpha value is -2.11. The van der Waals surface area contributed by atoms with Crippen LogP contribution in [0.2, 0.25) is 0 Å². The molecular formula is C15H12ClNO4. The molecule has 0 bridgehead atoms. The molecule has 5 nitrogen and oxygen atoms in total. The number of nitrogens with zero attached hydrogens (tertiary/aromatic N) is 1. The highest BCUT2D eigenvalue weighted by Crippen LogP contribution is 2.51. The van der Waals surface area contributed by atoms with E-state index in [0.29, 0.717) is 16.9 Å². The summed E-state index contributed by atoms with van der Waals surface area (Å²) in [6.07, 6.45) is -2.55. The monoisotopic (exact) mass is 305 g/mol. The van der Waals surface area contributed by atoms with Crippen molar-refractivity contribution in [2.24, 2.45) is 0 Å². The molecule has 0 spiro atoms. The minimum atomic E-state index is -2.17. The summed E-state index contributed by atoms with van der Waals surface area (Å²) >= 11 is 6.21. The Labute approximate surface area is 125 Å². The second-order valence-electron chi connectivity index (χ2n) is 4.83. The van der Waals surface area contributed by atoms with Crippen molar-refractivity contribution in [2.75, 3.05) is 0 Å². The highest BCUT2D eigenvalue weighted by atomic mass is 35.5. The van der Waals surface area contributed by atoms with E-state index in [1.165, 1.54) is 0 Å². The first-order chi connectivity index (χ1) is 10.0. The van der Waals surface area contributed by atoms with Crippen molar-refractivity contribution in [3.05, 3.63) is 75.8 Å². The zero-order valence-electron chi connectivity index (χ0n) is 10.8. The molecule has 1 heterocycles. The van der Waals surface area contributed by atoms with E-state index in [-0.39, 0.29) is 0 Å². The van der Waals surface area contributed by atoms with E-state index in [1.807, 2.05) is 0 Å². The maximum absolute atomic E-state index is 11.5. The molecule has 0 radical (unpaired) electrons. The van der Waals surface area contributed by atoms with Gasteiger partial charge in [0.1, 0.15) is 5.75 Å². The topological polar surface area (TPSA) is 72.6 Å². The van der Waals surface area contributed by atoms with E-state index in [9.17, 15) is 15.2 Å². The molecule has 2 aromatic rings. The molecule has 0 fully saturated rings. The summed E-state index contributed by atoms with van der Waals surface area (Å²) in [5, 5.41) is 21.9. The summed E-state index contributed by atoms with van der Waals surface area (Å²) in [5.41, 5.74) is 0.856. The van der Waals surface area contributed by atoms with Gasteiger partial charge in [0.2, 0.25) is 6.10 Å². The summed E-state index contributed by atoms with van der Waals surface area (Å²) in [4.78, 5) is 8.66. The number of aliphatic hydroxyl groups excluding tert-OH is 1. The number of nitro groups is 1. The van der Waals surface area contributed by atoms with Crippen molar-refractivity contribution < 1.29 is 14.8 Å². The van der Waals surface area contributed by atoms with Gasteiger partial charge in [-0.2, -0.15) is 0 Å². The Morgan fingerprint density at radius 2 is 1.76 bits per heavy atom. The fraction of sp³-hybridized carbons (Fsp3) is 0.200. The molecule has 1 aliphatic heterocycles. The average molecular weight is 306 g/mol. The van der Waals surface area contributed by atoms with Gasteiger partial charge < -0.3 is 9.84 Å². The lowest BCUT2D eigenvalue weighted by Crippen LogP contribution is -2.49. The van der Waals surface area contributed by atoms with E-state index in [2.05, 4.69) is 0 Å². The molecule has 6 heteroatoms. The first kappa shape index (κ1) is 13.9. The fourth-order valence-electron chi connectivity index (χ4n) is 2.51. The van der Waals surface area contributed by atoms with Crippen molar-refractivity contribution in [3.8, 4) is 5.75 Å². The number of halogens is 1. The van der Waals surface area contributed by atoms with Gasteiger partial charge in [-0.3, -0.25) is 10.1 Å². The van der Waals surface area contributed by atoms with E-state index < -0.39 is 22.1 Å². The predicted molar refractivity (Wildman–Crippen MR) is 76.8 cm³/mol. The quantitative estimate of drug-likeness (QED) is 0.400. The molecule has 0 saturated heterocycles. The number of alkyl halides is 1. The molecule has 0 aliphatic carbocycles. The second kappa shape index (κ2) is 5.02. The number of para-hydroxylation sites is 1. The number of rotatable bonds is 2. The van der Waals surface area contributed by atoms with Gasteiger partial charge in [0, 0.05) is 11.1 Å². The number of ether oxygens (including phenoxy) is 1. The van der Waals surface area contributed by atoms with Gasteiger partial charge >= 0.3 is 5.00 Å². The molecule has 0 amide bonds. The van der Waals surface area contributed by atoms with Gasteiger partial charge in [-0.05, 0) is 17.7 Å². The van der Waals surface area contributed by atoms with Crippen molar-refractivity contribution in [1.29, 1.82) is 0 Å². The third-order valence-corrected chi connectivity index (χ3v) is 4.13. The summed E-state index contributed by atoms with van der Waals surface area (Å²) < 4.78 is 5.73. The predicted octanol–water partition coefficient (Wildman–Crippen LogP) is 3.07. The Morgan fingerprint density at radius 3 is 2.43 bits per heavy atom. The molecule has 1 N–H and O–H groups in total. The maximum atomic E-state index is 11.5. The lowest BCUT2D eigenvalue weighted by atomic mass is 9.90. The van der Waals surface area contributed by atoms with Gasteiger partial charge in [0.05, 0.1) is 4.92 Å². The van der Waals surface area contributed by atoms with Crippen LogP contribution in [0.1, 0.15) is 23.3 Å². The van der Waals surface area contributed by atoms with Crippen molar-refractivity contribution >= 4 is 11.6 Å². The first-order valence-electron chi connectivity index (χ1n) is 6.37. The normalized spacial score (nSPS) is 27.5. The van der Waals surface area contributed by atoms with E-state index in [1.54, 1.807) is 54.6 Å². The summed E-state index contributed by atoms with van der Waals surface area (Å²) in [6, 6.07) is 15.3. The second-order valence-corrected chi connectivity index (χ2v) is 5.44.